The molecule has 1 aromatic carbocycles. The van der Waals surface area contributed by atoms with Gasteiger partial charge in [0.25, 0.3) is 0 Å². The van der Waals surface area contributed by atoms with Gasteiger partial charge in [0.2, 0.25) is 5.95 Å². The third-order valence-electron chi connectivity index (χ3n) is 3.55. The van der Waals surface area contributed by atoms with E-state index in [1.165, 1.54) is 13.4 Å². The second kappa shape index (κ2) is 6.08. The van der Waals surface area contributed by atoms with Gasteiger partial charge >= 0.3 is 5.97 Å². The summed E-state index contributed by atoms with van der Waals surface area (Å²) in [5.74, 6) is 0.450. The molecule has 126 valence electrons. The van der Waals surface area contributed by atoms with E-state index in [1.807, 2.05) is 13.0 Å². The number of H-pyrrole nitrogens is 1. The van der Waals surface area contributed by atoms with Gasteiger partial charge < -0.3 is 14.2 Å². The fraction of sp³-hybridized carbons (Fsp3) is 0.267. The average molecular weight is 348 g/mol. The molecule has 2 heterocycles. The quantitative estimate of drug-likeness (QED) is 0.700. The van der Waals surface area contributed by atoms with Crippen LogP contribution in [0.3, 0.4) is 0 Å². The summed E-state index contributed by atoms with van der Waals surface area (Å²) in [6.45, 7) is 3.63. The van der Waals surface area contributed by atoms with Crippen LogP contribution in [-0.4, -0.2) is 38.7 Å². The number of aryl methyl sites for hydroxylation is 2. The molecular formula is C15H16N4O4S. The first-order valence-corrected chi connectivity index (χ1v) is 8.62. The highest BCUT2D eigenvalue weighted by Gasteiger charge is 2.20. The number of fused-ring (bicyclic) bond motifs is 1. The molecule has 3 rings (SSSR count). The first-order chi connectivity index (χ1) is 11.4. The summed E-state index contributed by atoms with van der Waals surface area (Å²) in [7, 11) is 0.0197. The minimum absolute atomic E-state index is 0.302. The lowest BCUT2D eigenvalue weighted by Crippen LogP contribution is -2.03. The maximum Gasteiger partial charge on any atom is 0.340 e. The molecule has 0 bridgehead atoms. The van der Waals surface area contributed by atoms with E-state index in [9.17, 15) is 9.00 Å². The lowest BCUT2D eigenvalue weighted by molar-refractivity contribution is 0.0603. The van der Waals surface area contributed by atoms with Crippen molar-refractivity contribution in [3.05, 3.63) is 29.2 Å². The molecule has 9 heteroatoms. The van der Waals surface area contributed by atoms with Gasteiger partial charge in [-0.15, -0.1) is 0 Å². The number of carbonyl (C=O) groups excluding carboxylic acids is 1. The topological polar surface area (TPSA) is 110 Å². The van der Waals surface area contributed by atoms with Crippen LogP contribution in [-0.2, 0) is 15.7 Å². The molecule has 0 radical (unpaired) electrons. The Morgan fingerprint density at radius 2 is 2.12 bits per heavy atom. The molecule has 1 unspecified atom stereocenters. The largest absolute Gasteiger partial charge is 0.465 e. The molecule has 8 nitrogen and oxygen atoms in total. The van der Waals surface area contributed by atoms with Gasteiger partial charge in [-0.1, -0.05) is 5.16 Å². The minimum atomic E-state index is -1.29. The number of aromatic amines is 1. The Bertz CT molecular complexity index is 940. The van der Waals surface area contributed by atoms with E-state index in [-0.39, 0.29) is 0 Å². The molecule has 0 saturated heterocycles. The number of ether oxygens (including phenoxy) is 1. The number of benzene rings is 1. The molecule has 0 aliphatic heterocycles. The monoisotopic (exact) mass is 348 g/mol. The zero-order chi connectivity index (χ0) is 17.4. The number of esters is 1. The number of anilines is 1. The summed E-state index contributed by atoms with van der Waals surface area (Å²) >= 11 is 0. The van der Waals surface area contributed by atoms with Crippen molar-refractivity contribution >= 4 is 33.9 Å². The predicted molar refractivity (Wildman–Crippen MR) is 90.1 cm³/mol. The number of aromatic nitrogens is 3. The van der Waals surface area contributed by atoms with Crippen molar-refractivity contribution in [1.82, 2.24) is 15.1 Å². The van der Waals surface area contributed by atoms with Gasteiger partial charge in [-0.2, -0.15) is 0 Å². The zero-order valence-corrected chi connectivity index (χ0v) is 14.4. The number of imidazole rings is 1. The summed E-state index contributed by atoms with van der Waals surface area (Å²) in [4.78, 5) is 19.5. The summed E-state index contributed by atoms with van der Waals surface area (Å²) in [6.07, 6.45) is 1.49. The minimum Gasteiger partial charge on any atom is -0.465 e. The van der Waals surface area contributed by atoms with Crippen LogP contribution in [0.5, 0.6) is 0 Å². The summed E-state index contributed by atoms with van der Waals surface area (Å²) in [6, 6.07) is 3.53. The molecule has 0 aliphatic carbocycles. The zero-order valence-electron chi connectivity index (χ0n) is 13.6. The molecule has 1 atom stereocenters. The van der Waals surface area contributed by atoms with E-state index in [4.69, 9.17) is 9.26 Å². The fourth-order valence-corrected chi connectivity index (χ4v) is 2.98. The molecule has 0 amide bonds. The van der Waals surface area contributed by atoms with Crippen LogP contribution in [0.4, 0.5) is 5.95 Å². The molecule has 2 N–H and O–H groups in total. The van der Waals surface area contributed by atoms with Crippen molar-refractivity contribution < 1.29 is 18.3 Å². The van der Waals surface area contributed by atoms with Crippen molar-refractivity contribution in [3.8, 4) is 11.1 Å². The van der Waals surface area contributed by atoms with Crippen LogP contribution < -0.4 is 4.72 Å². The molecule has 0 saturated carbocycles. The lowest BCUT2D eigenvalue weighted by atomic mass is 10.0. The van der Waals surface area contributed by atoms with E-state index in [0.29, 0.717) is 28.3 Å². The van der Waals surface area contributed by atoms with Gasteiger partial charge in [0.1, 0.15) is 22.3 Å². The number of rotatable bonds is 4. The maximum absolute atomic E-state index is 12.2. The maximum atomic E-state index is 12.2. The highest BCUT2D eigenvalue weighted by molar-refractivity contribution is 7.85. The predicted octanol–water partition coefficient (Wildman–Crippen LogP) is 2.33. The Kier molecular flexibility index (Phi) is 4.10. The van der Waals surface area contributed by atoms with Crippen LogP contribution in [0, 0.1) is 13.8 Å². The fourth-order valence-electron chi connectivity index (χ4n) is 2.61. The normalized spacial score (nSPS) is 12.3. The molecule has 24 heavy (non-hydrogen) atoms. The SMILES string of the molecule is COC(=O)c1cc(-c2c(C)noc2C)cc2[nH]c(NS(C)=O)nc12. The van der Waals surface area contributed by atoms with Crippen LogP contribution in [0.1, 0.15) is 21.8 Å². The van der Waals surface area contributed by atoms with E-state index in [2.05, 4.69) is 19.8 Å². The Morgan fingerprint density at radius 3 is 2.71 bits per heavy atom. The van der Waals surface area contributed by atoms with Gasteiger partial charge in [0, 0.05) is 11.8 Å². The Hall–Kier alpha value is -2.68. The van der Waals surface area contributed by atoms with Crippen LogP contribution in [0.2, 0.25) is 0 Å². The van der Waals surface area contributed by atoms with Crippen LogP contribution in [0.25, 0.3) is 22.2 Å². The Labute approximate surface area is 140 Å². The summed E-state index contributed by atoms with van der Waals surface area (Å²) < 4.78 is 24.1. The number of methoxy groups -OCH3 is 1. The Balaban J connectivity index is 2.25. The first kappa shape index (κ1) is 16.2. The van der Waals surface area contributed by atoms with Crippen molar-refractivity contribution in [2.45, 2.75) is 13.8 Å². The smallest absolute Gasteiger partial charge is 0.340 e. The highest BCUT2D eigenvalue weighted by Crippen LogP contribution is 2.32. The second-order valence-corrected chi connectivity index (χ2v) is 6.36. The van der Waals surface area contributed by atoms with E-state index < -0.39 is 17.0 Å². The van der Waals surface area contributed by atoms with Crippen molar-refractivity contribution in [2.75, 3.05) is 18.1 Å². The van der Waals surface area contributed by atoms with Gasteiger partial charge in [-0.05, 0) is 31.5 Å². The number of hydrogen-bond acceptors (Lipinski definition) is 6. The van der Waals surface area contributed by atoms with E-state index >= 15 is 0 Å². The molecule has 3 aromatic rings. The molecule has 0 fully saturated rings. The number of nitrogens with one attached hydrogen (secondary N) is 2. The Morgan fingerprint density at radius 1 is 1.38 bits per heavy atom. The number of nitrogens with zero attached hydrogens (tertiary/aromatic N) is 2. The molecule has 2 aromatic heterocycles. The second-order valence-electron chi connectivity index (χ2n) is 5.25. The third-order valence-corrected chi connectivity index (χ3v) is 4.04. The summed E-state index contributed by atoms with van der Waals surface area (Å²) in [5, 5.41) is 3.94. The van der Waals surface area contributed by atoms with Gasteiger partial charge in [0.15, 0.2) is 0 Å². The first-order valence-electron chi connectivity index (χ1n) is 7.06. The standard InChI is InChI=1S/C15H16N4O4S/c1-7-12(8(2)23-18-7)9-5-10(14(20)22-3)13-11(6-9)16-15(17-13)19-24(4)21/h5-6H,1-4H3,(H2,16,17,19). The average Bonchev–Trinajstić information content (AvgIpc) is 3.07. The van der Waals surface area contributed by atoms with Gasteiger partial charge in [-0.3, -0.25) is 4.72 Å². The number of hydrogen-bond donors (Lipinski definition) is 2. The molecule has 0 aliphatic rings. The highest BCUT2D eigenvalue weighted by atomic mass is 32.2. The lowest BCUT2D eigenvalue weighted by Gasteiger charge is -2.05. The van der Waals surface area contributed by atoms with Crippen LogP contribution >= 0.6 is 0 Å². The molecule has 0 spiro atoms. The number of carbonyl (C=O) groups is 1. The van der Waals surface area contributed by atoms with Gasteiger partial charge in [0.05, 0.1) is 23.9 Å². The van der Waals surface area contributed by atoms with Gasteiger partial charge in [-0.25, -0.2) is 14.0 Å². The van der Waals surface area contributed by atoms with E-state index in [0.717, 1.165) is 16.8 Å². The molecular weight excluding hydrogens is 332 g/mol. The van der Waals surface area contributed by atoms with Crippen LogP contribution in [0.15, 0.2) is 16.7 Å². The van der Waals surface area contributed by atoms with Crippen molar-refractivity contribution in [3.63, 3.8) is 0 Å². The summed E-state index contributed by atoms with van der Waals surface area (Å²) in [5.41, 5.74) is 3.63. The van der Waals surface area contributed by atoms with Crippen molar-refractivity contribution in [1.29, 1.82) is 0 Å². The van der Waals surface area contributed by atoms with Crippen molar-refractivity contribution in [2.24, 2.45) is 0 Å². The third kappa shape index (κ3) is 2.78. The van der Waals surface area contributed by atoms with E-state index in [1.54, 1.807) is 13.0 Å².